The predicted octanol–water partition coefficient (Wildman–Crippen LogP) is 8.60. The number of likely N-dealkylation sites (tertiary alicyclic amines) is 1. The molecule has 4 aromatic rings. The molecule has 3 N–H and O–H groups in total. The summed E-state index contributed by atoms with van der Waals surface area (Å²) in [6.45, 7) is 25.3. The number of hydrogen-bond donors (Lipinski definition) is 3. The highest BCUT2D eigenvalue weighted by Crippen LogP contribution is 2.41. The number of carbonyl (C=O) groups excluding carboxylic acids is 1. The summed E-state index contributed by atoms with van der Waals surface area (Å²) in [7, 11) is -2.20. The lowest BCUT2D eigenvalue weighted by atomic mass is 9.88. The number of piperidine rings is 1. The van der Waals surface area contributed by atoms with Gasteiger partial charge in [0, 0.05) is 60.0 Å². The molecule has 0 unspecified atom stereocenters. The number of aromatic amines is 1. The van der Waals surface area contributed by atoms with Crippen LogP contribution in [0, 0.1) is 0 Å². The maximum Gasteiger partial charge on any atom is 0.254 e. The van der Waals surface area contributed by atoms with Crippen molar-refractivity contribution in [1.29, 1.82) is 0 Å². The Balaban J connectivity index is 1.08. The molecule has 0 aliphatic carbocycles. The van der Waals surface area contributed by atoms with Gasteiger partial charge < -0.3 is 29.5 Å². The third-order valence-corrected chi connectivity index (χ3v) is 17.8. The number of aromatic hydroxyl groups is 1. The van der Waals surface area contributed by atoms with Gasteiger partial charge in [0.2, 0.25) is 5.56 Å². The first-order chi connectivity index (χ1) is 25.8. The van der Waals surface area contributed by atoms with E-state index in [-0.39, 0.29) is 39.5 Å². The summed E-state index contributed by atoms with van der Waals surface area (Å²) in [6.07, 6.45) is 2.38. The number of fused-ring (bicyclic) bond motifs is 1. The molecule has 6 rings (SSSR count). The first kappa shape index (κ1) is 41.3. The van der Waals surface area contributed by atoms with Crippen molar-refractivity contribution in [3.8, 4) is 5.75 Å². The van der Waals surface area contributed by atoms with Crippen LogP contribution in [0.5, 0.6) is 5.75 Å². The Morgan fingerprint density at radius 1 is 1.04 bits per heavy atom. The molecular formula is C44H62N4O5SSi. The zero-order chi connectivity index (χ0) is 39.8. The molecule has 2 aromatic carbocycles. The van der Waals surface area contributed by atoms with E-state index in [2.05, 4.69) is 107 Å². The van der Waals surface area contributed by atoms with Crippen molar-refractivity contribution in [2.24, 2.45) is 0 Å². The molecule has 4 heterocycles. The quantitative estimate of drug-likeness (QED) is 0.124. The Labute approximate surface area is 332 Å². The summed E-state index contributed by atoms with van der Waals surface area (Å²) in [5, 5.41) is 17.3. The highest BCUT2D eigenvalue weighted by molar-refractivity contribution is 7.10. The third-order valence-electron chi connectivity index (χ3n) is 12.0. The van der Waals surface area contributed by atoms with E-state index in [9.17, 15) is 14.7 Å². The number of ether oxygens (including phenoxy) is 1. The van der Waals surface area contributed by atoms with E-state index in [0.717, 1.165) is 55.4 Å². The van der Waals surface area contributed by atoms with Crippen molar-refractivity contribution in [2.45, 2.75) is 116 Å². The SMILES string of the molecule is CC(C)c1cc(C(=O)N2CCOC3(CCN(Cc4cccc(CC(C)(C)NC[C@H](O[Si](C)(C)C(C)(C)C)c5ccc(O)c6[nH]c(=O)ccc56)c4)CC3)C2)cs1. The largest absolute Gasteiger partial charge is 0.506 e. The maximum atomic E-state index is 13.4. The number of phenolic OH excluding ortho intramolecular Hbond substituents is 1. The lowest BCUT2D eigenvalue weighted by molar-refractivity contribution is -0.127. The molecule has 11 heteroatoms. The third kappa shape index (κ3) is 9.80. The van der Waals surface area contributed by atoms with Gasteiger partial charge >= 0.3 is 0 Å². The molecular weight excluding hydrogens is 725 g/mol. The smallest absolute Gasteiger partial charge is 0.254 e. The number of thiophene rings is 1. The molecule has 0 radical (unpaired) electrons. The molecule has 1 spiro atoms. The standard InChI is InChI=1S/C44H62N4O5SSi/c1-30(2)38-24-33(28-54-38)41(51)48-21-22-52-44(29-48)17-19-47(20-18-44)27-32-12-10-11-31(23-32)25-43(6,7)45-26-37(53-55(8,9)42(3,4)5)34-13-15-36(49)40-35(34)14-16-39(50)46-40/h10-16,23-24,28,30,37,45,49H,17-22,25-27,29H2,1-9H3,(H,46,50)/t37-/m0/s1. The van der Waals surface area contributed by atoms with E-state index in [1.807, 2.05) is 16.3 Å². The Bertz CT molecular complexity index is 2020. The molecule has 2 saturated heterocycles. The summed E-state index contributed by atoms with van der Waals surface area (Å²) in [5.74, 6) is 0.609. The Morgan fingerprint density at radius 2 is 1.76 bits per heavy atom. The number of nitrogens with one attached hydrogen (secondary N) is 2. The molecule has 2 aliphatic rings. The Kier molecular flexibility index (Phi) is 12.2. The number of carbonyl (C=O) groups is 1. The lowest BCUT2D eigenvalue weighted by Gasteiger charge is -2.47. The van der Waals surface area contributed by atoms with Crippen molar-refractivity contribution in [3.63, 3.8) is 0 Å². The second-order valence-corrected chi connectivity index (χ2v) is 24.0. The number of benzene rings is 2. The molecule has 2 aromatic heterocycles. The van der Waals surface area contributed by atoms with Gasteiger partial charge in [0.1, 0.15) is 5.75 Å². The number of aromatic nitrogens is 1. The van der Waals surface area contributed by atoms with E-state index in [1.54, 1.807) is 23.5 Å². The first-order valence-corrected chi connectivity index (χ1v) is 23.7. The van der Waals surface area contributed by atoms with Crippen LogP contribution in [-0.4, -0.2) is 84.6 Å². The minimum absolute atomic E-state index is 0.00204. The van der Waals surface area contributed by atoms with E-state index in [0.29, 0.717) is 37.7 Å². The molecule has 0 bridgehead atoms. The first-order valence-electron chi connectivity index (χ1n) is 19.9. The number of phenols is 1. The van der Waals surface area contributed by atoms with Crippen LogP contribution >= 0.6 is 11.3 Å². The monoisotopic (exact) mass is 786 g/mol. The molecule has 2 fully saturated rings. The number of morpholine rings is 1. The lowest BCUT2D eigenvalue weighted by Crippen LogP contribution is -2.57. The fourth-order valence-electron chi connectivity index (χ4n) is 7.71. The van der Waals surface area contributed by atoms with Gasteiger partial charge in [-0.2, -0.15) is 0 Å². The Hall–Kier alpha value is -3.32. The number of H-pyrrole nitrogens is 1. The summed E-state index contributed by atoms with van der Waals surface area (Å²) in [5.41, 5.74) is 4.01. The summed E-state index contributed by atoms with van der Waals surface area (Å²) >= 11 is 1.68. The Morgan fingerprint density at radius 3 is 2.45 bits per heavy atom. The van der Waals surface area contributed by atoms with Gasteiger partial charge in [-0.1, -0.05) is 65.0 Å². The number of pyridine rings is 1. The van der Waals surface area contributed by atoms with Crippen LogP contribution < -0.4 is 10.9 Å². The molecule has 0 saturated carbocycles. The van der Waals surface area contributed by atoms with Crippen molar-refractivity contribution in [2.75, 3.05) is 39.3 Å². The van der Waals surface area contributed by atoms with Crippen LogP contribution in [0.2, 0.25) is 18.1 Å². The molecule has 55 heavy (non-hydrogen) atoms. The fourth-order valence-corrected chi connectivity index (χ4v) is 9.89. The highest BCUT2D eigenvalue weighted by Gasteiger charge is 2.42. The molecule has 298 valence electrons. The van der Waals surface area contributed by atoms with E-state index < -0.39 is 8.32 Å². The summed E-state index contributed by atoms with van der Waals surface area (Å²) < 4.78 is 13.5. The van der Waals surface area contributed by atoms with E-state index >= 15 is 0 Å². The van der Waals surface area contributed by atoms with Crippen LogP contribution in [-0.2, 0) is 22.1 Å². The van der Waals surface area contributed by atoms with Crippen LogP contribution in [0.15, 0.2) is 64.8 Å². The second-order valence-electron chi connectivity index (χ2n) is 18.3. The van der Waals surface area contributed by atoms with Gasteiger partial charge in [-0.05, 0) is 92.0 Å². The molecule has 1 atom stereocenters. The number of amides is 1. The molecule has 1 amide bonds. The number of hydrogen-bond acceptors (Lipinski definition) is 8. The van der Waals surface area contributed by atoms with Crippen LogP contribution in [0.25, 0.3) is 10.9 Å². The number of rotatable bonds is 12. The summed E-state index contributed by atoms with van der Waals surface area (Å²) in [4.78, 5) is 34.2. The van der Waals surface area contributed by atoms with Crippen molar-refractivity contribution in [3.05, 3.63) is 97.5 Å². The second kappa shape index (κ2) is 16.3. The zero-order valence-corrected chi connectivity index (χ0v) is 36.2. The minimum Gasteiger partial charge on any atom is -0.506 e. The van der Waals surface area contributed by atoms with E-state index in [4.69, 9.17) is 9.16 Å². The van der Waals surface area contributed by atoms with Gasteiger partial charge in [0.05, 0.1) is 35.9 Å². The van der Waals surface area contributed by atoms with Crippen LogP contribution in [0.1, 0.15) is 105 Å². The fraction of sp³-hybridized carbons (Fsp3) is 0.545. The number of nitrogens with zero attached hydrogens (tertiary/aromatic N) is 2. The van der Waals surface area contributed by atoms with Crippen molar-refractivity contribution >= 4 is 36.5 Å². The summed E-state index contributed by atoms with van der Waals surface area (Å²) in [6, 6.07) is 17.9. The predicted molar refractivity (Wildman–Crippen MR) is 227 cm³/mol. The van der Waals surface area contributed by atoms with Gasteiger partial charge in [0.15, 0.2) is 8.32 Å². The van der Waals surface area contributed by atoms with Gasteiger partial charge in [-0.3, -0.25) is 14.5 Å². The minimum atomic E-state index is -2.20. The van der Waals surface area contributed by atoms with Gasteiger partial charge in [0.25, 0.3) is 5.91 Å². The maximum absolute atomic E-state index is 13.4. The van der Waals surface area contributed by atoms with Crippen molar-refractivity contribution in [1.82, 2.24) is 20.1 Å². The average molecular weight is 787 g/mol. The molecule has 9 nitrogen and oxygen atoms in total. The normalized spacial score (nSPS) is 17.7. The molecule has 2 aliphatic heterocycles. The van der Waals surface area contributed by atoms with Gasteiger partial charge in [-0.25, -0.2) is 0 Å². The van der Waals surface area contributed by atoms with Gasteiger partial charge in [-0.15, -0.1) is 11.3 Å². The van der Waals surface area contributed by atoms with Crippen LogP contribution in [0.3, 0.4) is 0 Å². The average Bonchev–Trinajstić information content (AvgIpc) is 3.62. The van der Waals surface area contributed by atoms with Crippen molar-refractivity contribution < 1.29 is 19.1 Å². The zero-order valence-electron chi connectivity index (χ0n) is 34.4. The topological polar surface area (TPSA) is 107 Å². The highest BCUT2D eigenvalue weighted by atomic mass is 32.1. The van der Waals surface area contributed by atoms with Crippen LogP contribution in [0.4, 0.5) is 0 Å². The van der Waals surface area contributed by atoms with E-state index in [1.165, 1.54) is 22.1 Å².